The molecule has 0 saturated carbocycles. The van der Waals surface area contributed by atoms with Crippen LogP contribution in [0.15, 0.2) is 0 Å². The summed E-state index contributed by atoms with van der Waals surface area (Å²) in [6.07, 6.45) is -0.0486. The maximum absolute atomic E-state index is 12.0. The van der Waals surface area contributed by atoms with E-state index in [1.165, 1.54) is 17.7 Å². The zero-order chi connectivity index (χ0) is 14.6. The van der Waals surface area contributed by atoms with Crippen LogP contribution in [0.2, 0.25) is 0 Å². The van der Waals surface area contributed by atoms with Crippen LogP contribution in [0, 0.1) is 5.92 Å². The molecule has 0 bridgehead atoms. The molecule has 1 N–H and O–H groups in total. The van der Waals surface area contributed by atoms with Crippen LogP contribution >= 0.6 is 0 Å². The largest absolute Gasteiger partial charge is 0.405 e. The lowest BCUT2D eigenvalue weighted by atomic mass is 9.96. The van der Waals surface area contributed by atoms with Gasteiger partial charge in [0, 0.05) is 19.6 Å². The van der Waals surface area contributed by atoms with Crippen molar-refractivity contribution in [2.24, 2.45) is 5.92 Å². The van der Waals surface area contributed by atoms with Crippen LogP contribution < -0.4 is 5.32 Å². The number of carbonyl (C=O) groups excluding carboxylic acids is 1. The van der Waals surface area contributed by atoms with Gasteiger partial charge < -0.3 is 15.1 Å². The number of alkyl halides is 3. The number of rotatable bonds is 3. The highest BCUT2D eigenvalue weighted by Crippen LogP contribution is 2.21. The fourth-order valence-corrected chi connectivity index (χ4v) is 2.94. The molecule has 0 aromatic heterocycles. The third-order valence-corrected chi connectivity index (χ3v) is 4.06. The number of carbonyl (C=O) groups is 1. The molecule has 0 unspecified atom stereocenters. The van der Waals surface area contributed by atoms with Crippen LogP contribution in [0.3, 0.4) is 0 Å². The molecule has 2 fully saturated rings. The average molecular weight is 293 g/mol. The van der Waals surface area contributed by atoms with Crippen LogP contribution in [0.5, 0.6) is 0 Å². The summed E-state index contributed by atoms with van der Waals surface area (Å²) in [5.41, 5.74) is 0. The number of likely N-dealkylation sites (tertiary alicyclic amines) is 2. The highest BCUT2D eigenvalue weighted by Gasteiger charge is 2.30. The maximum atomic E-state index is 12.0. The Labute approximate surface area is 117 Å². The van der Waals surface area contributed by atoms with Crippen molar-refractivity contribution < 1.29 is 18.0 Å². The topological polar surface area (TPSA) is 35.6 Å². The van der Waals surface area contributed by atoms with Crippen molar-refractivity contribution in [3.63, 3.8) is 0 Å². The summed E-state index contributed by atoms with van der Waals surface area (Å²) in [6.45, 7) is 3.25. The van der Waals surface area contributed by atoms with Crippen molar-refractivity contribution in [2.75, 3.05) is 39.3 Å². The van der Waals surface area contributed by atoms with Gasteiger partial charge in [-0.2, -0.15) is 13.2 Å². The van der Waals surface area contributed by atoms with Gasteiger partial charge in [-0.1, -0.05) is 0 Å². The molecule has 2 rings (SSSR count). The molecule has 0 atom stereocenters. The lowest BCUT2D eigenvalue weighted by Gasteiger charge is -2.33. The third-order valence-electron chi connectivity index (χ3n) is 4.06. The summed E-state index contributed by atoms with van der Waals surface area (Å²) in [5.74, 6) is 0.569. The molecule has 20 heavy (non-hydrogen) atoms. The summed E-state index contributed by atoms with van der Waals surface area (Å²) in [5, 5.41) is 1.93. The van der Waals surface area contributed by atoms with E-state index in [-0.39, 0.29) is 0 Å². The molecule has 7 heteroatoms. The highest BCUT2D eigenvalue weighted by atomic mass is 19.4. The van der Waals surface area contributed by atoms with Gasteiger partial charge in [0.1, 0.15) is 6.54 Å². The van der Waals surface area contributed by atoms with E-state index in [4.69, 9.17) is 0 Å². The Kier molecular flexibility index (Phi) is 5.12. The van der Waals surface area contributed by atoms with Gasteiger partial charge >= 0.3 is 12.2 Å². The van der Waals surface area contributed by atoms with E-state index in [9.17, 15) is 18.0 Å². The molecule has 2 aliphatic heterocycles. The molecule has 116 valence electrons. The number of halogens is 3. The standard InChI is InChI=1S/C13H22F3N3O/c14-13(15,16)10-17-12(20)19-7-3-11(4-8-19)9-18-5-1-2-6-18/h11H,1-10H2,(H,17,20). The van der Waals surface area contributed by atoms with Gasteiger partial charge in [-0.3, -0.25) is 0 Å². The Hall–Kier alpha value is -0.980. The van der Waals surface area contributed by atoms with Gasteiger partial charge in [-0.15, -0.1) is 0 Å². The van der Waals surface area contributed by atoms with E-state index in [1.54, 1.807) is 0 Å². The van der Waals surface area contributed by atoms with E-state index in [0.29, 0.717) is 19.0 Å². The predicted octanol–water partition coefficient (Wildman–Crippen LogP) is 2.07. The van der Waals surface area contributed by atoms with Crippen molar-refractivity contribution in [3.05, 3.63) is 0 Å². The first-order valence-electron chi connectivity index (χ1n) is 7.26. The van der Waals surface area contributed by atoms with Crippen molar-refractivity contribution in [3.8, 4) is 0 Å². The smallest absolute Gasteiger partial charge is 0.329 e. The zero-order valence-electron chi connectivity index (χ0n) is 11.6. The molecule has 2 saturated heterocycles. The second-order valence-electron chi connectivity index (χ2n) is 5.71. The Bertz CT molecular complexity index is 321. The minimum Gasteiger partial charge on any atom is -0.329 e. The molecule has 4 nitrogen and oxygen atoms in total. The number of piperidine rings is 1. The summed E-state index contributed by atoms with van der Waals surface area (Å²) >= 11 is 0. The van der Waals surface area contributed by atoms with Gasteiger partial charge in [0.05, 0.1) is 0 Å². The number of hydrogen-bond donors (Lipinski definition) is 1. The van der Waals surface area contributed by atoms with Crippen molar-refractivity contribution in [1.29, 1.82) is 0 Å². The second kappa shape index (κ2) is 6.65. The fourth-order valence-electron chi connectivity index (χ4n) is 2.94. The molecular formula is C13H22F3N3O. The van der Waals surface area contributed by atoms with Crippen LogP contribution in [0.25, 0.3) is 0 Å². The second-order valence-corrected chi connectivity index (χ2v) is 5.71. The number of amides is 2. The maximum Gasteiger partial charge on any atom is 0.405 e. The van der Waals surface area contributed by atoms with E-state index >= 15 is 0 Å². The Balaban J connectivity index is 1.66. The monoisotopic (exact) mass is 293 g/mol. The molecule has 0 aromatic rings. The normalized spacial score (nSPS) is 22.2. The van der Waals surface area contributed by atoms with Gasteiger partial charge in [0.15, 0.2) is 0 Å². The quantitative estimate of drug-likeness (QED) is 0.864. The molecule has 0 aliphatic carbocycles. The number of nitrogens with one attached hydrogen (secondary N) is 1. The van der Waals surface area contributed by atoms with Gasteiger partial charge in [-0.05, 0) is 44.7 Å². The van der Waals surface area contributed by atoms with E-state index in [2.05, 4.69) is 4.90 Å². The van der Waals surface area contributed by atoms with E-state index < -0.39 is 18.8 Å². The minimum atomic E-state index is -4.34. The molecule has 2 aliphatic rings. The lowest BCUT2D eigenvalue weighted by Crippen LogP contribution is -2.47. The highest BCUT2D eigenvalue weighted by molar-refractivity contribution is 5.74. The first-order valence-corrected chi connectivity index (χ1v) is 7.26. The molecule has 2 amide bonds. The van der Waals surface area contributed by atoms with Gasteiger partial charge in [0.2, 0.25) is 0 Å². The predicted molar refractivity (Wildman–Crippen MR) is 69.4 cm³/mol. The Morgan fingerprint density at radius 1 is 1.10 bits per heavy atom. The third kappa shape index (κ3) is 4.85. The molecule has 0 aromatic carbocycles. The van der Waals surface area contributed by atoms with Gasteiger partial charge in [0.25, 0.3) is 0 Å². The number of hydrogen-bond acceptors (Lipinski definition) is 2. The first-order chi connectivity index (χ1) is 9.44. The molecule has 2 heterocycles. The number of nitrogens with zero attached hydrogens (tertiary/aromatic N) is 2. The van der Waals surface area contributed by atoms with Crippen molar-refractivity contribution in [2.45, 2.75) is 31.9 Å². The Morgan fingerprint density at radius 3 is 2.25 bits per heavy atom. The van der Waals surface area contributed by atoms with Crippen molar-refractivity contribution in [1.82, 2.24) is 15.1 Å². The van der Waals surface area contributed by atoms with E-state index in [0.717, 1.165) is 32.5 Å². The molecule has 0 spiro atoms. The first kappa shape index (κ1) is 15.4. The van der Waals surface area contributed by atoms with Crippen LogP contribution in [-0.4, -0.2) is 61.3 Å². The van der Waals surface area contributed by atoms with Crippen LogP contribution in [0.4, 0.5) is 18.0 Å². The molecule has 0 radical (unpaired) electrons. The summed E-state index contributed by atoms with van der Waals surface area (Å²) < 4.78 is 36.1. The zero-order valence-corrected chi connectivity index (χ0v) is 11.6. The lowest BCUT2D eigenvalue weighted by molar-refractivity contribution is -0.123. The fraction of sp³-hybridized carbons (Fsp3) is 0.923. The summed E-state index contributed by atoms with van der Waals surface area (Å²) in [4.78, 5) is 15.5. The van der Waals surface area contributed by atoms with Gasteiger partial charge in [-0.25, -0.2) is 4.79 Å². The minimum absolute atomic E-state index is 0.558. The summed E-state index contributed by atoms with van der Waals surface area (Å²) in [7, 11) is 0. The Morgan fingerprint density at radius 2 is 1.70 bits per heavy atom. The van der Waals surface area contributed by atoms with E-state index in [1.807, 2.05) is 5.32 Å². The average Bonchev–Trinajstić information content (AvgIpc) is 2.89. The van der Waals surface area contributed by atoms with Crippen LogP contribution in [0.1, 0.15) is 25.7 Å². The van der Waals surface area contributed by atoms with Crippen LogP contribution in [-0.2, 0) is 0 Å². The molecular weight excluding hydrogens is 271 g/mol. The summed E-state index contributed by atoms with van der Waals surface area (Å²) in [6, 6.07) is -0.595. The van der Waals surface area contributed by atoms with Crippen molar-refractivity contribution >= 4 is 6.03 Å². The number of urea groups is 1. The SMILES string of the molecule is O=C(NCC(F)(F)F)N1CCC(CN2CCCC2)CC1.